The van der Waals surface area contributed by atoms with E-state index in [1.165, 1.54) is 23.3 Å². The van der Waals surface area contributed by atoms with E-state index in [0.29, 0.717) is 43.3 Å². The number of rotatable bonds is 10. The highest BCUT2D eigenvalue weighted by Crippen LogP contribution is 2.40. The molecular weight excluding hydrogens is 825 g/mol. The van der Waals surface area contributed by atoms with Crippen molar-refractivity contribution in [2.24, 2.45) is 0 Å². The molecule has 13 nitrogen and oxygen atoms in total. The second-order valence-corrected chi connectivity index (χ2v) is 17.8. The average molecular weight is 875 g/mol. The monoisotopic (exact) mass is 874 g/mol. The highest BCUT2D eigenvalue weighted by Gasteiger charge is 2.29. The number of fused-ring (bicyclic) bond motifs is 6. The largest absolute Gasteiger partial charge is 0.489 e. The van der Waals surface area contributed by atoms with Crippen LogP contribution in [0.3, 0.4) is 0 Å². The molecule has 3 heterocycles. The van der Waals surface area contributed by atoms with Gasteiger partial charge in [0.1, 0.15) is 35.4 Å². The Labute approximate surface area is 373 Å². The third kappa shape index (κ3) is 9.48. The fraction of sp³-hybridized carbons (Fsp3) is 0.240. The molecule has 1 fully saturated rings. The molecule has 0 unspecified atom stereocenters. The summed E-state index contributed by atoms with van der Waals surface area (Å²) >= 11 is 0. The Bertz CT molecular complexity index is 2890. The number of benzene rings is 5. The molecule has 14 heteroatoms. The molecule has 7 aromatic rings. The minimum atomic E-state index is -4.06. The molecule has 1 saturated heterocycles. The van der Waals surface area contributed by atoms with Crippen LogP contribution in [0.25, 0.3) is 22.5 Å². The highest BCUT2D eigenvalue weighted by molar-refractivity contribution is 7.87. The number of hydrogen-bond donors (Lipinski definition) is 2. The maximum Gasteiger partial charge on any atom is 0.340 e. The van der Waals surface area contributed by atoms with E-state index in [0.717, 1.165) is 95.4 Å². The number of likely N-dealkylation sites (N-methyl/N-ethyl adjacent to an activating group) is 1. The van der Waals surface area contributed by atoms with Gasteiger partial charge in [0, 0.05) is 48.4 Å². The van der Waals surface area contributed by atoms with E-state index in [1.54, 1.807) is 12.1 Å². The SMILES string of the molecule is CN1CCN(c2nc(N)nc3c2CCc2cc(OCc4ccccc4)ccc2-3)CC1.Cc1ccc(S(=O)(=O)Oc2nc(N)nc3c2CCc2cc(OCc4ccccc4)ccc2-3)cc1. The van der Waals surface area contributed by atoms with Gasteiger partial charge in [-0.05, 0) is 110 Å². The topological polar surface area (TPSA) is 172 Å². The van der Waals surface area contributed by atoms with Crippen LogP contribution in [0.4, 0.5) is 17.7 Å². The zero-order valence-electron chi connectivity index (χ0n) is 35.9. The van der Waals surface area contributed by atoms with Gasteiger partial charge in [0.05, 0.1) is 11.4 Å². The van der Waals surface area contributed by atoms with Crippen molar-refractivity contribution in [1.29, 1.82) is 0 Å². The van der Waals surface area contributed by atoms with Gasteiger partial charge in [0.2, 0.25) is 17.8 Å². The summed E-state index contributed by atoms with van der Waals surface area (Å²) < 4.78 is 43.1. The lowest BCUT2D eigenvalue weighted by molar-refractivity contribution is 0.306. The van der Waals surface area contributed by atoms with E-state index >= 15 is 0 Å². The lowest BCUT2D eigenvalue weighted by Crippen LogP contribution is -2.45. The van der Waals surface area contributed by atoms with Gasteiger partial charge >= 0.3 is 10.1 Å². The molecule has 1 aliphatic heterocycles. The first kappa shape index (κ1) is 42.3. The van der Waals surface area contributed by atoms with Gasteiger partial charge in [0.15, 0.2) is 0 Å². The quantitative estimate of drug-likeness (QED) is 0.129. The number of nitrogens with zero attached hydrogens (tertiary/aromatic N) is 6. The number of anilines is 3. The number of ether oxygens (including phenoxy) is 2. The summed E-state index contributed by atoms with van der Waals surface area (Å²) in [6.45, 7) is 6.94. The van der Waals surface area contributed by atoms with Gasteiger partial charge in [-0.25, -0.2) is 9.97 Å². The standard InChI is InChI=1S/C26H23N3O4S.C24H27N5O/c1-17-7-11-21(12-8-17)34(30,31)33-25-23-13-9-19-15-20(32-16-18-5-3-2-4-6-18)10-14-22(19)24(23)28-26(27)29-25;1-28-11-13-29(14-12-28)23-21-9-7-18-15-19(30-16-17-5-3-2-4-6-17)8-10-20(18)22(21)26-24(25)27-23/h2-8,10-12,14-15H,9,13,16H2,1H3,(H2,27,28,29);2-6,8,10,15H,7,9,11-14,16H2,1H3,(H2,25,26,27). The summed E-state index contributed by atoms with van der Waals surface area (Å²) in [5.41, 5.74) is 23.0. The minimum Gasteiger partial charge on any atom is -0.489 e. The molecule has 0 atom stereocenters. The molecule has 0 radical (unpaired) electrons. The Morgan fingerprint density at radius 1 is 0.594 bits per heavy atom. The Hall–Kier alpha value is -7.03. The van der Waals surface area contributed by atoms with Gasteiger partial charge < -0.3 is 34.9 Å². The fourth-order valence-corrected chi connectivity index (χ4v) is 9.18. The van der Waals surface area contributed by atoms with Crippen molar-refractivity contribution in [1.82, 2.24) is 24.8 Å². The number of nitrogen functional groups attached to an aromatic ring is 2. The maximum absolute atomic E-state index is 12.8. The summed E-state index contributed by atoms with van der Waals surface area (Å²) in [5, 5.41) is 0. The number of aromatic nitrogens is 4. The Morgan fingerprint density at radius 2 is 1.11 bits per heavy atom. The van der Waals surface area contributed by atoms with Crippen LogP contribution < -0.4 is 30.0 Å². The van der Waals surface area contributed by atoms with E-state index < -0.39 is 10.1 Å². The summed E-state index contributed by atoms with van der Waals surface area (Å²) in [7, 11) is -1.90. The second-order valence-electron chi connectivity index (χ2n) is 16.3. The Balaban J connectivity index is 0.000000163. The normalized spacial score (nSPS) is 14.2. The first-order valence-electron chi connectivity index (χ1n) is 21.4. The third-order valence-electron chi connectivity index (χ3n) is 11.7. The highest BCUT2D eigenvalue weighted by atomic mass is 32.2. The molecule has 4 N–H and O–H groups in total. The number of piperazine rings is 1. The molecular formula is C50H50N8O5S. The molecule has 3 aliphatic rings. The fourth-order valence-electron chi connectivity index (χ4n) is 8.27. The molecule has 2 aromatic heterocycles. The van der Waals surface area contributed by atoms with Crippen molar-refractivity contribution in [3.63, 3.8) is 0 Å². The van der Waals surface area contributed by atoms with Crippen molar-refractivity contribution in [3.05, 3.63) is 160 Å². The molecule has 2 aliphatic carbocycles. The van der Waals surface area contributed by atoms with Crippen LogP contribution in [0.15, 0.2) is 126 Å². The van der Waals surface area contributed by atoms with Crippen LogP contribution in [0, 0.1) is 6.92 Å². The maximum atomic E-state index is 12.8. The zero-order chi connectivity index (χ0) is 44.2. The molecule has 0 spiro atoms. The zero-order valence-corrected chi connectivity index (χ0v) is 36.7. The number of nitrogens with two attached hydrogens (primary N) is 2. The van der Waals surface area contributed by atoms with Gasteiger partial charge in [-0.15, -0.1) is 0 Å². The van der Waals surface area contributed by atoms with Crippen LogP contribution in [-0.2, 0) is 49.0 Å². The van der Waals surface area contributed by atoms with Crippen molar-refractivity contribution in [2.75, 3.05) is 49.6 Å². The molecule has 326 valence electrons. The van der Waals surface area contributed by atoms with Crippen molar-refractivity contribution < 1.29 is 22.1 Å². The lowest BCUT2D eigenvalue weighted by atomic mass is 9.88. The smallest absolute Gasteiger partial charge is 0.340 e. The van der Waals surface area contributed by atoms with Gasteiger partial charge in [-0.2, -0.15) is 18.4 Å². The van der Waals surface area contributed by atoms with Crippen LogP contribution >= 0.6 is 0 Å². The first-order chi connectivity index (χ1) is 31.1. The summed E-state index contributed by atoms with van der Waals surface area (Å²) in [4.78, 5) is 22.6. The second kappa shape index (κ2) is 18.4. The van der Waals surface area contributed by atoms with E-state index in [1.807, 2.05) is 79.7 Å². The summed E-state index contributed by atoms with van der Waals surface area (Å²) in [6.07, 6.45) is 3.06. The minimum absolute atomic E-state index is 0.0295. The van der Waals surface area contributed by atoms with Gasteiger partial charge in [-0.3, -0.25) is 0 Å². The van der Waals surface area contributed by atoms with Crippen molar-refractivity contribution in [3.8, 4) is 39.9 Å². The van der Waals surface area contributed by atoms with E-state index in [9.17, 15) is 8.42 Å². The van der Waals surface area contributed by atoms with Gasteiger partial charge in [-0.1, -0.05) is 78.4 Å². The molecule has 0 amide bonds. The van der Waals surface area contributed by atoms with Crippen LogP contribution in [0.5, 0.6) is 17.4 Å². The van der Waals surface area contributed by atoms with Crippen molar-refractivity contribution in [2.45, 2.75) is 50.7 Å². The molecule has 64 heavy (non-hydrogen) atoms. The van der Waals surface area contributed by atoms with Crippen LogP contribution in [-0.4, -0.2) is 66.5 Å². The van der Waals surface area contributed by atoms with Gasteiger partial charge in [0.25, 0.3) is 0 Å². The molecule has 0 saturated carbocycles. The molecule has 0 bridgehead atoms. The van der Waals surface area contributed by atoms with E-state index in [2.05, 4.69) is 61.0 Å². The lowest BCUT2D eigenvalue weighted by Gasteiger charge is -2.35. The predicted molar refractivity (Wildman–Crippen MR) is 249 cm³/mol. The van der Waals surface area contributed by atoms with Crippen molar-refractivity contribution >= 4 is 27.8 Å². The molecule has 5 aromatic carbocycles. The van der Waals surface area contributed by atoms with Crippen LogP contribution in [0.2, 0.25) is 0 Å². The summed E-state index contributed by atoms with van der Waals surface area (Å²) in [6, 6.07) is 38.7. The Kier molecular flexibility index (Phi) is 12.1. The van der Waals surface area contributed by atoms with Crippen LogP contribution in [0.1, 0.15) is 38.9 Å². The number of hydrogen-bond acceptors (Lipinski definition) is 13. The molecule has 10 rings (SSSR count). The Morgan fingerprint density at radius 3 is 1.67 bits per heavy atom. The third-order valence-corrected chi connectivity index (χ3v) is 13.0. The average Bonchev–Trinajstić information content (AvgIpc) is 3.31. The first-order valence-corrected chi connectivity index (χ1v) is 22.8. The van der Waals surface area contributed by atoms with E-state index in [-0.39, 0.29) is 16.7 Å². The number of aryl methyl sites for hydroxylation is 3. The summed E-state index contributed by atoms with van der Waals surface area (Å²) in [5.74, 6) is 2.93. The van der Waals surface area contributed by atoms with E-state index in [4.69, 9.17) is 25.1 Å². The predicted octanol–water partition coefficient (Wildman–Crippen LogP) is 7.63.